The average Bonchev–Trinajstić information content (AvgIpc) is 2.70. The molecule has 1 unspecified atom stereocenters. The van der Waals surface area contributed by atoms with E-state index < -0.39 is 0 Å². The van der Waals surface area contributed by atoms with Crippen LogP contribution in [0.5, 0.6) is 0 Å². The lowest BCUT2D eigenvalue weighted by Gasteiger charge is -2.37. The SMILES string of the molecule is CCCNC(=O)CN1CCN(C(=O)NCC(CC(C)C)N2CCOCC2)CC1. The van der Waals surface area contributed by atoms with Crippen molar-refractivity contribution in [2.24, 2.45) is 5.92 Å². The molecule has 1 atom stereocenters. The van der Waals surface area contributed by atoms with Crippen LogP contribution in [0.2, 0.25) is 0 Å². The molecule has 8 nitrogen and oxygen atoms in total. The van der Waals surface area contributed by atoms with E-state index in [1.165, 1.54) is 0 Å². The maximum Gasteiger partial charge on any atom is 0.317 e. The molecule has 2 fully saturated rings. The Balaban J connectivity index is 1.72. The molecule has 0 bridgehead atoms. The summed E-state index contributed by atoms with van der Waals surface area (Å²) in [6, 6.07) is 0.369. The first-order valence-electron chi connectivity index (χ1n) is 10.8. The van der Waals surface area contributed by atoms with Gasteiger partial charge in [0.25, 0.3) is 0 Å². The van der Waals surface area contributed by atoms with Crippen LogP contribution >= 0.6 is 0 Å². The molecule has 3 amide bonds. The minimum Gasteiger partial charge on any atom is -0.379 e. The number of nitrogens with one attached hydrogen (secondary N) is 2. The number of nitrogens with zero attached hydrogens (tertiary/aromatic N) is 3. The van der Waals surface area contributed by atoms with Gasteiger partial charge in [-0.25, -0.2) is 4.79 Å². The van der Waals surface area contributed by atoms with Gasteiger partial charge < -0.3 is 20.3 Å². The van der Waals surface area contributed by atoms with Crippen molar-refractivity contribution in [2.75, 3.05) is 72.1 Å². The molecular formula is C20H39N5O3. The lowest BCUT2D eigenvalue weighted by atomic mass is 10.0. The Bertz CT molecular complexity index is 474. The van der Waals surface area contributed by atoms with Crippen LogP contribution in [0.25, 0.3) is 0 Å². The van der Waals surface area contributed by atoms with Crippen molar-refractivity contribution in [3.8, 4) is 0 Å². The number of carbonyl (C=O) groups is 2. The van der Waals surface area contributed by atoms with Crippen LogP contribution in [0.15, 0.2) is 0 Å². The summed E-state index contributed by atoms with van der Waals surface area (Å²) in [6.07, 6.45) is 2.02. The number of morpholine rings is 1. The first kappa shape index (κ1) is 22.9. The molecular weight excluding hydrogens is 358 g/mol. The van der Waals surface area contributed by atoms with Gasteiger partial charge in [0.05, 0.1) is 19.8 Å². The van der Waals surface area contributed by atoms with Crippen molar-refractivity contribution in [1.29, 1.82) is 0 Å². The molecule has 0 spiro atoms. The van der Waals surface area contributed by atoms with E-state index in [9.17, 15) is 9.59 Å². The largest absolute Gasteiger partial charge is 0.379 e. The fourth-order valence-electron chi connectivity index (χ4n) is 3.80. The molecule has 2 N–H and O–H groups in total. The Labute approximate surface area is 169 Å². The van der Waals surface area contributed by atoms with Crippen LogP contribution in [0.3, 0.4) is 0 Å². The van der Waals surface area contributed by atoms with Crippen molar-refractivity contribution < 1.29 is 14.3 Å². The van der Waals surface area contributed by atoms with Crippen LogP contribution in [0.1, 0.15) is 33.6 Å². The lowest BCUT2D eigenvalue weighted by Crippen LogP contribution is -2.55. The molecule has 0 aliphatic carbocycles. The zero-order valence-corrected chi connectivity index (χ0v) is 17.9. The predicted molar refractivity (Wildman–Crippen MR) is 110 cm³/mol. The normalized spacial score (nSPS) is 20.2. The number of amides is 3. The molecule has 28 heavy (non-hydrogen) atoms. The number of hydrogen-bond acceptors (Lipinski definition) is 5. The Hall–Kier alpha value is -1.38. The fourth-order valence-corrected chi connectivity index (χ4v) is 3.80. The standard InChI is InChI=1S/C20H39N5O3/c1-4-5-21-19(26)16-23-6-8-25(9-7-23)20(27)22-15-18(14-17(2)3)24-10-12-28-13-11-24/h17-18H,4-16H2,1-3H3,(H,21,26)(H,22,27). The molecule has 2 aliphatic heterocycles. The predicted octanol–water partition coefficient (Wildman–Crippen LogP) is 0.587. The van der Waals surface area contributed by atoms with E-state index in [-0.39, 0.29) is 11.9 Å². The third kappa shape index (κ3) is 7.93. The van der Waals surface area contributed by atoms with Gasteiger partial charge in [-0.2, -0.15) is 0 Å². The Morgan fingerprint density at radius 1 is 1.00 bits per heavy atom. The van der Waals surface area contributed by atoms with Gasteiger partial charge in [-0.05, 0) is 18.8 Å². The highest BCUT2D eigenvalue weighted by Crippen LogP contribution is 2.13. The Morgan fingerprint density at radius 2 is 1.68 bits per heavy atom. The number of hydrogen-bond donors (Lipinski definition) is 2. The van der Waals surface area contributed by atoms with E-state index in [1.54, 1.807) is 0 Å². The fraction of sp³-hybridized carbons (Fsp3) is 0.900. The number of ether oxygens (including phenoxy) is 1. The van der Waals surface area contributed by atoms with Crippen LogP contribution in [-0.4, -0.2) is 105 Å². The smallest absolute Gasteiger partial charge is 0.317 e. The topological polar surface area (TPSA) is 77.2 Å². The van der Waals surface area contributed by atoms with Gasteiger partial charge in [0.1, 0.15) is 0 Å². The number of urea groups is 1. The minimum atomic E-state index is 0.0112. The van der Waals surface area contributed by atoms with Gasteiger partial charge in [0, 0.05) is 58.4 Å². The first-order chi connectivity index (χ1) is 13.5. The second-order valence-corrected chi connectivity index (χ2v) is 8.23. The molecule has 2 heterocycles. The maximum atomic E-state index is 12.6. The van der Waals surface area contributed by atoms with Crippen LogP contribution in [0.4, 0.5) is 4.79 Å². The van der Waals surface area contributed by atoms with E-state index in [4.69, 9.17) is 4.74 Å². The van der Waals surface area contributed by atoms with Gasteiger partial charge in [0.2, 0.25) is 5.91 Å². The monoisotopic (exact) mass is 397 g/mol. The van der Waals surface area contributed by atoms with Gasteiger partial charge in [-0.15, -0.1) is 0 Å². The Morgan fingerprint density at radius 3 is 2.29 bits per heavy atom. The molecule has 2 rings (SSSR count). The van der Waals surface area contributed by atoms with Gasteiger partial charge in [-0.3, -0.25) is 14.6 Å². The molecule has 0 radical (unpaired) electrons. The van der Waals surface area contributed by atoms with E-state index in [2.05, 4.69) is 34.3 Å². The summed E-state index contributed by atoms with van der Waals surface area (Å²) in [4.78, 5) is 30.9. The summed E-state index contributed by atoms with van der Waals surface area (Å²) in [5, 5.41) is 6.05. The number of piperazine rings is 1. The summed E-state index contributed by atoms with van der Waals surface area (Å²) in [6.45, 7) is 14.6. The summed E-state index contributed by atoms with van der Waals surface area (Å²) < 4.78 is 5.46. The molecule has 8 heteroatoms. The van der Waals surface area contributed by atoms with Crippen molar-refractivity contribution in [1.82, 2.24) is 25.3 Å². The molecule has 2 aliphatic rings. The highest BCUT2D eigenvalue weighted by Gasteiger charge is 2.25. The van der Waals surface area contributed by atoms with Crippen LogP contribution < -0.4 is 10.6 Å². The molecule has 0 aromatic rings. The van der Waals surface area contributed by atoms with E-state index in [1.807, 2.05) is 11.8 Å². The van der Waals surface area contributed by atoms with Gasteiger partial charge >= 0.3 is 6.03 Å². The van der Waals surface area contributed by atoms with E-state index in [0.717, 1.165) is 58.8 Å². The summed E-state index contributed by atoms with van der Waals surface area (Å²) in [5.74, 6) is 0.661. The zero-order chi connectivity index (χ0) is 20.4. The third-order valence-corrected chi connectivity index (χ3v) is 5.39. The third-order valence-electron chi connectivity index (χ3n) is 5.39. The van der Waals surface area contributed by atoms with Crippen molar-refractivity contribution in [3.63, 3.8) is 0 Å². The second-order valence-electron chi connectivity index (χ2n) is 8.23. The van der Waals surface area contributed by atoms with Crippen molar-refractivity contribution in [2.45, 2.75) is 39.7 Å². The Kier molecular flexibility index (Phi) is 10.0. The molecule has 2 saturated heterocycles. The highest BCUT2D eigenvalue weighted by molar-refractivity contribution is 5.78. The first-order valence-corrected chi connectivity index (χ1v) is 10.8. The highest BCUT2D eigenvalue weighted by atomic mass is 16.5. The summed E-state index contributed by atoms with van der Waals surface area (Å²) in [5.41, 5.74) is 0. The van der Waals surface area contributed by atoms with Crippen LogP contribution in [-0.2, 0) is 9.53 Å². The maximum absolute atomic E-state index is 12.6. The summed E-state index contributed by atoms with van der Waals surface area (Å²) >= 11 is 0. The summed E-state index contributed by atoms with van der Waals surface area (Å²) in [7, 11) is 0. The quantitative estimate of drug-likeness (QED) is 0.595. The molecule has 0 aromatic carbocycles. The average molecular weight is 398 g/mol. The molecule has 162 valence electrons. The van der Waals surface area contributed by atoms with Crippen molar-refractivity contribution >= 4 is 11.9 Å². The number of carbonyl (C=O) groups excluding carboxylic acids is 2. The van der Waals surface area contributed by atoms with Crippen molar-refractivity contribution in [3.05, 3.63) is 0 Å². The zero-order valence-electron chi connectivity index (χ0n) is 17.9. The number of rotatable bonds is 9. The van der Waals surface area contributed by atoms with E-state index in [0.29, 0.717) is 38.1 Å². The van der Waals surface area contributed by atoms with Gasteiger partial charge in [0.15, 0.2) is 0 Å². The van der Waals surface area contributed by atoms with Gasteiger partial charge in [-0.1, -0.05) is 20.8 Å². The lowest BCUT2D eigenvalue weighted by molar-refractivity contribution is -0.122. The minimum absolute atomic E-state index is 0.0112. The van der Waals surface area contributed by atoms with E-state index >= 15 is 0 Å². The molecule has 0 saturated carbocycles. The molecule has 0 aromatic heterocycles. The second kappa shape index (κ2) is 12.2. The van der Waals surface area contributed by atoms with Crippen LogP contribution in [0, 0.1) is 5.92 Å².